The van der Waals surface area contributed by atoms with E-state index in [9.17, 15) is 0 Å². The molecular weight excluding hydrogens is 234 g/mol. The molecule has 1 aromatic heterocycles. The Morgan fingerprint density at radius 2 is 2.00 bits per heavy atom. The van der Waals surface area contributed by atoms with Gasteiger partial charge in [-0.2, -0.15) is 0 Å². The Morgan fingerprint density at radius 3 is 2.68 bits per heavy atom. The van der Waals surface area contributed by atoms with Crippen LogP contribution in [0.5, 0.6) is 0 Å². The summed E-state index contributed by atoms with van der Waals surface area (Å²) < 4.78 is 2.27. The fourth-order valence-corrected chi connectivity index (χ4v) is 3.14. The van der Waals surface area contributed by atoms with Crippen molar-refractivity contribution in [2.75, 3.05) is 5.32 Å². The van der Waals surface area contributed by atoms with Crippen LogP contribution in [0.2, 0.25) is 0 Å². The van der Waals surface area contributed by atoms with E-state index in [0.29, 0.717) is 6.04 Å². The lowest BCUT2D eigenvalue weighted by atomic mass is 9.83. The summed E-state index contributed by atoms with van der Waals surface area (Å²) in [6.45, 7) is 5.62. The van der Waals surface area contributed by atoms with E-state index in [0.717, 1.165) is 18.4 Å². The maximum atomic E-state index is 4.47. The number of nitrogens with one attached hydrogen (secondary N) is 1. The molecule has 0 unspecified atom stereocenters. The lowest BCUT2D eigenvalue weighted by Gasteiger charge is -2.29. The Hall–Kier alpha value is -0.990. The van der Waals surface area contributed by atoms with Crippen LogP contribution in [0.15, 0.2) is 12.4 Å². The summed E-state index contributed by atoms with van der Waals surface area (Å²) in [7, 11) is 0. The zero-order valence-electron chi connectivity index (χ0n) is 12.6. The standard InChI is InChI=1S/C16H29N3/c1-3-5-12-19-13-11-17-16(19)18-15-9-7-14(6-4-2)8-10-15/h11,13-15H,3-10,12H2,1-2H3,(H,17,18). The number of unbranched alkanes of at least 4 members (excludes halogenated alkanes) is 1. The van der Waals surface area contributed by atoms with Gasteiger partial charge in [0.25, 0.3) is 0 Å². The quantitative estimate of drug-likeness (QED) is 0.787. The molecule has 0 aliphatic heterocycles. The first-order chi connectivity index (χ1) is 9.33. The molecule has 1 N–H and O–H groups in total. The Labute approximate surface area is 117 Å². The van der Waals surface area contributed by atoms with E-state index in [2.05, 4.69) is 34.9 Å². The van der Waals surface area contributed by atoms with Crippen LogP contribution in [0.1, 0.15) is 65.2 Å². The number of hydrogen-bond donors (Lipinski definition) is 1. The first kappa shape index (κ1) is 14.4. The van der Waals surface area contributed by atoms with Crippen LogP contribution in [0.3, 0.4) is 0 Å². The zero-order valence-corrected chi connectivity index (χ0v) is 12.6. The smallest absolute Gasteiger partial charge is 0.202 e. The summed E-state index contributed by atoms with van der Waals surface area (Å²) in [6.07, 6.45) is 14.6. The van der Waals surface area contributed by atoms with Gasteiger partial charge in [0, 0.05) is 25.0 Å². The SMILES string of the molecule is CCCCn1ccnc1NC1CCC(CCC)CC1. The van der Waals surface area contributed by atoms with Crippen LogP contribution < -0.4 is 5.32 Å². The number of aromatic nitrogens is 2. The maximum Gasteiger partial charge on any atom is 0.202 e. The van der Waals surface area contributed by atoms with Gasteiger partial charge in [-0.15, -0.1) is 0 Å². The van der Waals surface area contributed by atoms with Crippen molar-refractivity contribution in [1.29, 1.82) is 0 Å². The van der Waals surface area contributed by atoms with Gasteiger partial charge in [-0.05, 0) is 38.0 Å². The minimum atomic E-state index is 0.635. The van der Waals surface area contributed by atoms with Crippen molar-refractivity contribution in [3.8, 4) is 0 Å². The molecule has 1 aromatic rings. The van der Waals surface area contributed by atoms with Crippen molar-refractivity contribution >= 4 is 5.95 Å². The summed E-state index contributed by atoms with van der Waals surface area (Å²) in [5.74, 6) is 2.05. The summed E-state index contributed by atoms with van der Waals surface area (Å²) in [6, 6.07) is 0.635. The molecule has 1 aliphatic carbocycles. The van der Waals surface area contributed by atoms with E-state index < -0.39 is 0 Å². The maximum absolute atomic E-state index is 4.47. The van der Waals surface area contributed by atoms with Crippen LogP contribution in [-0.4, -0.2) is 15.6 Å². The van der Waals surface area contributed by atoms with Crippen LogP contribution >= 0.6 is 0 Å². The average molecular weight is 263 g/mol. The topological polar surface area (TPSA) is 29.9 Å². The molecule has 108 valence electrons. The van der Waals surface area contributed by atoms with Crippen LogP contribution in [0.25, 0.3) is 0 Å². The van der Waals surface area contributed by atoms with Gasteiger partial charge in [0.1, 0.15) is 0 Å². The Bertz CT molecular complexity index is 351. The first-order valence-corrected chi connectivity index (χ1v) is 8.11. The summed E-state index contributed by atoms with van der Waals surface area (Å²) in [5.41, 5.74) is 0. The number of rotatable bonds is 7. The van der Waals surface area contributed by atoms with Crippen LogP contribution in [-0.2, 0) is 6.54 Å². The predicted molar refractivity (Wildman–Crippen MR) is 81.4 cm³/mol. The van der Waals surface area contributed by atoms with Gasteiger partial charge in [0.2, 0.25) is 5.95 Å². The van der Waals surface area contributed by atoms with E-state index in [1.807, 2.05) is 6.20 Å². The van der Waals surface area contributed by atoms with Gasteiger partial charge in [0.05, 0.1) is 0 Å². The highest BCUT2D eigenvalue weighted by atomic mass is 15.2. The van der Waals surface area contributed by atoms with Crippen LogP contribution in [0, 0.1) is 5.92 Å². The van der Waals surface area contributed by atoms with E-state index in [4.69, 9.17) is 0 Å². The van der Waals surface area contributed by atoms with Crippen molar-refractivity contribution in [3.05, 3.63) is 12.4 Å². The Balaban J connectivity index is 1.80. The summed E-state index contributed by atoms with van der Waals surface area (Å²) in [5, 5.41) is 3.65. The normalized spacial score (nSPS) is 23.5. The number of aryl methyl sites for hydroxylation is 1. The van der Waals surface area contributed by atoms with Gasteiger partial charge in [0.15, 0.2) is 0 Å². The fraction of sp³-hybridized carbons (Fsp3) is 0.812. The molecule has 1 fully saturated rings. The highest BCUT2D eigenvalue weighted by Gasteiger charge is 2.21. The molecule has 3 heteroatoms. The summed E-state index contributed by atoms with van der Waals surface area (Å²) >= 11 is 0. The second-order valence-electron chi connectivity index (χ2n) is 5.95. The molecule has 1 aliphatic rings. The minimum absolute atomic E-state index is 0.635. The molecule has 1 heterocycles. The molecule has 2 rings (SSSR count). The van der Waals surface area contributed by atoms with E-state index in [1.165, 1.54) is 51.4 Å². The third-order valence-electron chi connectivity index (χ3n) is 4.34. The minimum Gasteiger partial charge on any atom is -0.353 e. The van der Waals surface area contributed by atoms with Crippen molar-refractivity contribution in [1.82, 2.24) is 9.55 Å². The first-order valence-electron chi connectivity index (χ1n) is 8.11. The van der Waals surface area contributed by atoms with Gasteiger partial charge in [-0.25, -0.2) is 4.98 Å². The number of anilines is 1. The molecule has 0 aromatic carbocycles. The van der Waals surface area contributed by atoms with Crippen molar-refractivity contribution in [3.63, 3.8) is 0 Å². The Morgan fingerprint density at radius 1 is 1.21 bits per heavy atom. The third kappa shape index (κ3) is 4.26. The van der Waals surface area contributed by atoms with Gasteiger partial charge in [-0.1, -0.05) is 33.1 Å². The second-order valence-corrected chi connectivity index (χ2v) is 5.95. The average Bonchev–Trinajstić information content (AvgIpc) is 2.86. The molecule has 0 bridgehead atoms. The second kappa shape index (κ2) is 7.56. The lowest BCUT2D eigenvalue weighted by molar-refractivity contribution is 0.318. The van der Waals surface area contributed by atoms with Gasteiger partial charge in [-0.3, -0.25) is 0 Å². The van der Waals surface area contributed by atoms with Crippen molar-refractivity contribution in [2.45, 2.75) is 77.8 Å². The zero-order chi connectivity index (χ0) is 13.5. The van der Waals surface area contributed by atoms with E-state index >= 15 is 0 Å². The lowest BCUT2D eigenvalue weighted by Crippen LogP contribution is -2.27. The Kier molecular flexibility index (Phi) is 5.74. The van der Waals surface area contributed by atoms with E-state index in [1.54, 1.807) is 0 Å². The van der Waals surface area contributed by atoms with Crippen LogP contribution in [0.4, 0.5) is 5.95 Å². The predicted octanol–water partition coefficient (Wildman–Crippen LogP) is 4.45. The number of imidazole rings is 1. The van der Waals surface area contributed by atoms with Crippen molar-refractivity contribution < 1.29 is 0 Å². The molecule has 0 atom stereocenters. The fourth-order valence-electron chi connectivity index (χ4n) is 3.14. The number of nitrogens with zero attached hydrogens (tertiary/aromatic N) is 2. The molecule has 0 saturated heterocycles. The molecule has 3 nitrogen and oxygen atoms in total. The largest absolute Gasteiger partial charge is 0.353 e. The van der Waals surface area contributed by atoms with Gasteiger partial charge < -0.3 is 9.88 Å². The number of hydrogen-bond acceptors (Lipinski definition) is 2. The highest BCUT2D eigenvalue weighted by molar-refractivity contribution is 5.27. The monoisotopic (exact) mass is 263 g/mol. The molecule has 0 radical (unpaired) electrons. The molecule has 0 spiro atoms. The molecular formula is C16H29N3. The van der Waals surface area contributed by atoms with Gasteiger partial charge >= 0.3 is 0 Å². The van der Waals surface area contributed by atoms with E-state index in [-0.39, 0.29) is 0 Å². The van der Waals surface area contributed by atoms with Crippen molar-refractivity contribution in [2.24, 2.45) is 5.92 Å². The summed E-state index contributed by atoms with van der Waals surface area (Å²) in [4.78, 5) is 4.47. The molecule has 19 heavy (non-hydrogen) atoms. The molecule has 1 saturated carbocycles. The highest BCUT2D eigenvalue weighted by Crippen LogP contribution is 2.29. The third-order valence-corrected chi connectivity index (χ3v) is 4.34. The molecule has 0 amide bonds.